The first-order chi connectivity index (χ1) is 8.95. The van der Waals surface area contributed by atoms with Gasteiger partial charge in [-0.25, -0.2) is 4.79 Å². The van der Waals surface area contributed by atoms with E-state index in [2.05, 4.69) is 12.2 Å². The molecule has 19 heavy (non-hydrogen) atoms. The minimum atomic E-state index is -0.486. The van der Waals surface area contributed by atoms with Crippen LogP contribution in [0.4, 0.5) is 4.79 Å². The fourth-order valence-corrected chi connectivity index (χ4v) is 1.38. The van der Waals surface area contributed by atoms with Crippen molar-refractivity contribution < 1.29 is 19.1 Å². The lowest BCUT2D eigenvalue weighted by atomic mass is 10.2. The molecule has 1 unspecified atom stereocenters. The van der Waals surface area contributed by atoms with E-state index in [1.165, 1.54) is 0 Å². The lowest BCUT2D eigenvalue weighted by Gasteiger charge is -2.14. The van der Waals surface area contributed by atoms with Gasteiger partial charge in [-0.1, -0.05) is 33.6 Å². The number of nitrogens with one attached hydrogen (secondary N) is 1. The van der Waals surface area contributed by atoms with Crippen molar-refractivity contribution in [3.63, 3.8) is 0 Å². The van der Waals surface area contributed by atoms with E-state index in [4.69, 9.17) is 9.47 Å². The number of hydrogen-bond donors (Lipinski definition) is 1. The van der Waals surface area contributed by atoms with Gasteiger partial charge in [0.15, 0.2) is 0 Å². The Bertz CT molecular complexity index is 266. The van der Waals surface area contributed by atoms with Crippen LogP contribution in [0.25, 0.3) is 0 Å². The molecule has 1 atom stereocenters. The highest BCUT2D eigenvalue weighted by Crippen LogP contribution is 1.99. The maximum atomic E-state index is 11.4. The summed E-state index contributed by atoms with van der Waals surface area (Å²) in [4.78, 5) is 22.8. The standard InChI is InChI=1S/C14H27NO4/c1-5-6-7-8-18-13(16)9-12(4)15-14(17)19-10-11(2)3/h11-12H,5-10H2,1-4H3,(H,15,17). The fourth-order valence-electron chi connectivity index (χ4n) is 1.38. The summed E-state index contributed by atoms with van der Waals surface area (Å²) < 4.78 is 10.0. The number of rotatable bonds is 9. The number of hydrogen-bond acceptors (Lipinski definition) is 4. The molecule has 0 aromatic heterocycles. The van der Waals surface area contributed by atoms with Crippen molar-refractivity contribution in [3.05, 3.63) is 0 Å². The first kappa shape index (κ1) is 17.7. The SMILES string of the molecule is CCCCCOC(=O)CC(C)NC(=O)OCC(C)C. The molecule has 0 saturated carbocycles. The average molecular weight is 273 g/mol. The molecule has 5 heteroatoms. The van der Waals surface area contributed by atoms with Crippen molar-refractivity contribution >= 4 is 12.1 Å². The number of carbonyl (C=O) groups excluding carboxylic acids is 2. The number of carbonyl (C=O) groups is 2. The predicted octanol–water partition coefficient (Wildman–Crippen LogP) is 2.88. The Morgan fingerprint density at radius 3 is 2.37 bits per heavy atom. The fraction of sp³-hybridized carbons (Fsp3) is 0.857. The highest BCUT2D eigenvalue weighted by atomic mass is 16.5. The average Bonchev–Trinajstić information content (AvgIpc) is 2.32. The topological polar surface area (TPSA) is 64.6 Å². The van der Waals surface area contributed by atoms with Crippen LogP contribution in [0.2, 0.25) is 0 Å². The van der Waals surface area contributed by atoms with Crippen molar-refractivity contribution in [1.29, 1.82) is 0 Å². The minimum absolute atomic E-state index is 0.170. The first-order valence-corrected chi connectivity index (χ1v) is 7.04. The van der Waals surface area contributed by atoms with E-state index in [-0.39, 0.29) is 18.4 Å². The molecule has 0 aromatic rings. The lowest BCUT2D eigenvalue weighted by molar-refractivity contribution is -0.144. The van der Waals surface area contributed by atoms with Crippen LogP contribution in [0.3, 0.4) is 0 Å². The molecule has 112 valence electrons. The zero-order chi connectivity index (χ0) is 14.7. The minimum Gasteiger partial charge on any atom is -0.466 e. The van der Waals surface area contributed by atoms with Crippen LogP contribution in [0.5, 0.6) is 0 Å². The smallest absolute Gasteiger partial charge is 0.407 e. The molecule has 1 amide bonds. The van der Waals surface area contributed by atoms with Crippen LogP contribution in [-0.4, -0.2) is 31.3 Å². The molecule has 0 rings (SSSR count). The number of unbranched alkanes of at least 4 members (excludes halogenated alkanes) is 2. The largest absolute Gasteiger partial charge is 0.466 e. The Hall–Kier alpha value is -1.26. The van der Waals surface area contributed by atoms with E-state index < -0.39 is 6.09 Å². The van der Waals surface area contributed by atoms with E-state index in [0.717, 1.165) is 19.3 Å². The Labute approximate surface area is 116 Å². The quantitative estimate of drug-likeness (QED) is 0.518. The van der Waals surface area contributed by atoms with E-state index in [1.54, 1.807) is 6.92 Å². The summed E-state index contributed by atoms with van der Waals surface area (Å²) in [6.45, 7) is 8.60. The first-order valence-electron chi connectivity index (χ1n) is 7.04. The summed E-state index contributed by atoms with van der Waals surface area (Å²) in [5, 5.41) is 2.61. The van der Waals surface area contributed by atoms with E-state index in [1.807, 2.05) is 13.8 Å². The third-order valence-corrected chi connectivity index (χ3v) is 2.40. The predicted molar refractivity (Wildman–Crippen MR) is 73.9 cm³/mol. The lowest BCUT2D eigenvalue weighted by Crippen LogP contribution is -2.35. The molecule has 0 spiro atoms. The van der Waals surface area contributed by atoms with Crippen LogP contribution in [0.15, 0.2) is 0 Å². The molecular weight excluding hydrogens is 246 g/mol. The summed E-state index contributed by atoms with van der Waals surface area (Å²) in [6.07, 6.45) is 2.73. The molecule has 0 heterocycles. The maximum Gasteiger partial charge on any atom is 0.407 e. The van der Waals surface area contributed by atoms with Crippen LogP contribution in [-0.2, 0) is 14.3 Å². The molecule has 1 N–H and O–H groups in total. The molecule has 0 aromatic carbocycles. The molecule has 0 saturated heterocycles. The van der Waals surface area contributed by atoms with Crippen LogP contribution >= 0.6 is 0 Å². The second kappa shape index (κ2) is 10.6. The molecule has 0 aliphatic heterocycles. The summed E-state index contributed by atoms with van der Waals surface area (Å²) >= 11 is 0. The normalized spacial score (nSPS) is 12.1. The van der Waals surface area contributed by atoms with Crippen LogP contribution in [0.1, 0.15) is 53.4 Å². The van der Waals surface area contributed by atoms with Gasteiger partial charge in [-0.15, -0.1) is 0 Å². The van der Waals surface area contributed by atoms with Gasteiger partial charge < -0.3 is 14.8 Å². The van der Waals surface area contributed by atoms with Gasteiger partial charge >= 0.3 is 12.1 Å². The van der Waals surface area contributed by atoms with Gasteiger partial charge in [-0.05, 0) is 19.3 Å². The summed E-state index contributed by atoms with van der Waals surface area (Å²) in [5.74, 6) is 0.0114. The zero-order valence-corrected chi connectivity index (χ0v) is 12.5. The molecule has 0 radical (unpaired) electrons. The van der Waals surface area contributed by atoms with E-state index >= 15 is 0 Å². The molecule has 0 fully saturated rings. The Morgan fingerprint density at radius 2 is 1.79 bits per heavy atom. The molecule has 0 aliphatic rings. The van der Waals surface area contributed by atoms with Gasteiger partial charge in [0.2, 0.25) is 0 Å². The van der Waals surface area contributed by atoms with E-state index in [0.29, 0.717) is 19.1 Å². The van der Waals surface area contributed by atoms with Gasteiger partial charge in [0.05, 0.1) is 19.6 Å². The number of alkyl carbamates (subject to hydrolysis) is 1. The number of ether oxygens (including phenoxy) is 2. The van der Waals surface area contributed by atoms with Crippen molar-refractivity contribution in [2.75, 3.05) is 13.2 Å². The zero-order valence-electron chi connectivity index (χ0n) is 12.5. The van der Waals surface area contributed by atoms with Crippen molar-refractivity contribution in [3.8, 4) is 0 Å². The summed E-state index contributed by atoms with van der Waals surface area (Å²) in [6, 6.07) is -0.279. The third kappa shape index (κ3) is 11.6. The molecular formula is C14H27NO4. The van der Waals surface area contributed by atoms with Crippen molar-refractivity contribution in [1.82, 2.24) is 5.32 Å². The van der Waals surface area contributed by atoms with Crippen molar-refractivity contribution in [2.24, 2.45) is 5.92 Å². The van der Waals surface area contributed by atoms with Crippen LogP contribution in [0, 0.1) is 5.92 Å². The maximum absolute atomic E-state index is 11.4. The van der Waals surface area contributed by atoms with Gasteiger partial charge in [0, 0.05) is 6.04 Å². The molecule has 0 bridgehead atoms. The second-order valence-corrected chi connectivity index (χ2v) is 5.17. The van der Waals surface area contributed by atoms with Gasteiger partial charge in [0.1, 0.15) is 0 Å². The number of esters is 1. The summed E-state index contributed by atoms with van der Waals surface area (Å²) in [7, 11) is 0. The summed E-state index contributed by atoms with van der Waals surface area (Å²) in [5.41, 5.74) is 0. The Morgan fingerprint density at radius 1 is 1.11 bits per heavy atom. The Balaban J connectivity index is 3.68. The highest BCUT2D eigenvalue weighted by molar-refractivity contribution is 5.72. The number of amides is 1. The van der Waals surface area contributed by atoms with E-state index in [9.17, 15) is 9.59 Å². The Kier molecular flexibility index (Phi) is 9.94. The van der Waals surface area contributed by atoms with Crippen LogP contribution < -0.4 is 5.32 Å². The molecule has 0 aliphatic carbocycles. The third-order valence-electron chi connectivity index (χ3n) is 2.40. The second-order valence-electron chi connectivity index (χ2n) is 5.17. The molecule has 5 nitrogen and oxygen atoms in total. The van der Waals surface area contributed by atoms with Crippen molar-refractivity contribution in [2.45, 2.75) is 59.4 Å². The van der Waals surface area contributed by atoms with Gasteiger partial charge in [0.25, 0.3) is 0 Å². The van der Waals surface area contributed by atoms with Gasteiger partial charge in [-0.3, -0.25) is 4.79 Å². The monoisotopic (exact) mass is 273 g/mol. The van der Waals surface area contributed by atoms with Gasteiger partial charge in [-0.2, -0.15) is 0 Å². The highest BCUT2D eigenvalue weighted by Gasteiger charge is 2.13.